The average Bonchev–Trinajstić information content (AvgIpc) is 2.55. The van der Waals surface area contributed by atoms with Crippen LogP contribution >= 0.6 is 0 Å². The molecule has 0 aliphatic carbocycles. The van der Waals surface area contributed by atoms with Gasteiger partial charge in [0.25, 0.3) is 5.91 Å². The number of unbranched alkanes of at least 4 members (excludes halogenated alkanes) is 6. The molecule has 24 heavy (non-hydrogen) atoms. The SMILES string of the molecule is COc1ccc(C(=O)NCCCCCCCCCC(=O)O)c(O)c1. The van der Waals surface area contributed by atoms with Crippen molar-refractivity contribution in [3.8, 4) is 11.5 Å². The third kappa shape index (κ3) is 7.85. The van der Waals surface area contributed by atoms with Crippen LogP contribution in [-0.2, 0) is 4.79 Å². The minimum Gasteiger partial charge on any atom is -0.507 e. The Morgan fingerprint density at radius 3 is 2.25 bits per heavy atom. The molecule has 1 aromatic carbocycles. The number of carbonyl (C=O) groups excluding carboxylic acids is 1. The van der Waals surface area contributed by atoms with Gasteiger partial charge in [0.05, 0.1) is 12.7 Å². The second kappa shape index (κ2) is 11.3. The van der Waals surface area contributed by atoms with Crippen LogP contribution < -0.4 is 10.1 Å². The molecule has 134 valence electrons. The Morgan fingerprint density at radius 2 is 1.67 bits per heavy atom. The molecule has 6 nitrogen and oxygen atoms in total. The molecule has 0 aliphatic rings. The molecule has 0 bridgehead atoms. The Labute approximate surface area is 142 Å². The Hall–Kier alpha value is -2.24. The van der Waals surface area contributed by atoms with Gasteiger partial charge in [-0.2, -0.15) is 0 Å². The second-order valence-electron chi connectivity index (χ2n) is 5.76. The first kappa shape index (κ1) is 19.8. The van der Waals surface area contributed by atoms with Crippen molar-refractivity contribution in [2.24, 2.45) is 0 Å². The van der Waals surface area contributed by atoms with Crippen LogP contribution in [0.2, 0.25) is 0 Å². The molecule has 0 fully saturated rings. The van der Waals surface area contributed by atoms with Crippen molar-refractivity contribution in [1.29, 1.82) is 0 Å². The van der Waals surface area contributed by atoms with E-state index in [1.54, 1.807) is 12.1 Å². The van der Waals surface area contributed by atoms with Crippen molar-refractivity contribution < 1.29 is 24.5 Å². The third-order valence-electron chi connectivity index (χ3n) is 3.80. The normalized spacial score (nSPS) is 10.4. The number of aliphatic carboxylic acids is 1. The van der Waals surface area contributed by atoms with Crippen LogP contribution in [0.25, 0.3) is 0 Å². The first-order chi connectivity index (χ1) is 11.5. The number of phenolic OH excluding ortho intramolecular Hbond substituents is 1. The van der Waals surface area contributed by atoms with Crippen LogP contribution in [0, 0.1) is 0 Å². The Balaban J connectivity index is 2.09. The van der Waals surface area contributed by atoms with Crippen molar-refractivity contribution in [1.82, 2.24) is 5.32 Å². The van der Waals surface area contributed by atoms with E-state index in [2.05, 4.69) is 5.32 Å². The first-order valence-electron chi connectivity index (χ1n) is 8.41. The zero-order valence-corrected chi connectivity index (χ0v) is 14.2. The van der Waals surface area contributed by atoms with Crippen molar-refractivity contribution >= 4 is 11.9 Å². The maximum absolute atomic E-state index is 12.0. The fraction of sp³-hybridized carbons (Fsp3) is 0.556. The van der Waals surface area contributed by atoms with Crippen LogP contribution in [0.5, 0.6) is 11.5 Å². The lowest BCUT2D eigenvalue weighted by Crippen LogP contribution is -2.24. The average molecular weight is 337 g/mol. The highest BCUT2D eigenvalue weighted by Crippen LogP contribution is 2.23. The van der Waals surface area contributed by atoms with Gasteiger partial charge >= 0.3 is 5.97 Å². The van der Waals surface area contributed by atoms with Gasteiger partial charge in [-0.1, -0.05) is 32.1 Å². The number of benzene rings is 1. The lowest BCUT2D eigenvalue weighted by atomic mass is 10.1. The summed E-state index contributed by atoms with van der Waals surface area (Å²) in [6.45, 7) is 0.573. The van der Waals surface area contributed by atoms with Crippen molar-refractivity contribution in [3.63, 3.8) is 0 Å². The Kier molecular flexibility index (Phi) is 9.34. The minimum atomic E-state index is -0.728. The standard InChI is InChI=1S/C18H27NO5/c1-24-14-10-11-15(16(20)13-14)18(23)19-12-8-6-4-2-3-5-7-9-17(21)22/h10-11,13,20H,2-9,12H2,1H3,(H,19,23)(H,21,22). The third-order valence-corrected chi connectivity index (χ3v) is 3.80. The van der Waals surface area contributed by atoms with E-state index in [0.717, 1.165) is 44.9 Å². The number of carboxylic acids is 1. The van der Waals surface area contributed by atoms with Crippen LogP contribution in [0.3, 0.4) is 0 Å². The van der Waals surface area contributed by atoms with Gasteiger partial charge in [-0.15, -0.1) is 0 Å². The zero-order valence-electron chi connectivity index (χ0n) is 14.2. The van der Waals surface area contributed by atoms with E-state index in [4.69, 9.17) is 9.84 Å². The molecule has 1 amide bonds. The van der Waals surface area contributed by atoms with Gasteiger partial charge in [-0.05, 0) is 25.0 Å². The monoisotopic (exact) mass is 337 g/mol. The van der Waals surface area contributed by atoms with Gasteiger partial charge in [0.2, 0.25) is 0 Å². The summed E-state index contributed by atoms with van der Waals surface area (Å²) >= 11 is 0. The number of rotatable bonds is 12. The zero-order chi connectivity index (χ0) is 17.8. The largest absolute Gasteiger partial charge is 0.507 e. The molecule has 0 atom stereocenters. The molecule has 0 saturated carbocycles. The molecule has 1 rings (SSSR count). The van der Waals surface area contributed by atoms with Crippen LogP contribution in [-0.4, -0.2) is 35.7 Å². The molecule has 0 saturated heterocycles. The first-order valence-corrected chi connectivity index (χ1v) is 8.41. The number of amides is 1. The molecule has 0 radical (unpaired) electrons. The smallest absolute Gasteiger partial charge is 0.303 e. The summed E-state index contributed by atoms with van der Waals surface area (Å²) in [5.74, 6) is -0.599. The summed E-state index contributed by atoms with van der Waals surface area (Å²) in [6, 6.07) is 4.60. The number of aromatic hydroxyl groups is 1. The van der Waals surface area contributed by atoms with E-state index in [9.17, 15) is 14.7 Å². The minimum absolute atomic E-state index is 0.0896. The molecule has 0 aliphatic heterocycles. The lowest BCUT2D eigenvalue weighted by molar-refractivity contribution is -0.137. The molecule has 3 N–H and O–H groups in total. The maximum atomic E-state index is 12.0. The summed E-state index contributed by atoms with van der Waals surface area (Å²) in [5, 5.41) is 21.1. The number of carboxylic acid groups (broad SMARTS) is 1. The highest BCUT2D eigenvalue weighted by molar-refractivity contribution is 5.96. The molecule has 0 spiro atoms. The molecule has 0 unspecified atom stereocenters. The molecule has 1 aromatic rings. The summed E-state index contributed by atoms with van der Waals surface area (Å²) in [7, 11) is 1.50. The predicted molar refractivity (Wildman–Crippen MR) is 91.6 cm³/mol. The van der Waals surface area contributed by atoms with Crippen LogP contribution in [0.1, 0.15) is 61.7 Å². The van der Waals surface area contributed by atoms with Crippen molar-refractivity contribution in [2.75, 3.05) is 13.7 Å². The molecule has 6 heteroatoms. The molecular formula is C18H27NO5. The van der Waals surface area contributed by atoms with Gasteiger partial charge in [0, 0.05) is 19.0 Å². The number of carbonyl (C=O) groups is 2. The lowest BCUT2D eigenvalue weighted by Gasteiger charge is -2.08. The number of methoxy groups -OCH3 is 1. The summed E-state index contributed by atoms with van der Waals surface area (Å²) in [6.07, 6.45) is 7.09. The van der Waals surface area contributed by atoms with E-state index in [-0.39, 0.29) is 23.6 Å². The van der Waals surface area contributed by atoms with Crippen molar-refractivity contribution in [3.05, 3.63) is 23.8 Å². The molecular weight excluding hydrogens is 310 g/mol. The number of ether oxygens (including phenoxy) is 1. The van der Waals surface area contributed by atoms with Crippen molar-refractivity contribution in [2.45, 2.75) is 51.4 Å². The summed E-state index contributed by atoms with van der Waals surface area (Å²) in [4.78, 5) is 22.3. The number of nitrogens with one attached hydrogen (secondary N) is 1. The summed E-state index contributed by atoms with van der Waals surface area (Å²) < 4.78 is 4.98. The molecule has 0 heterocycles. The van der Waals surface area contributed by atoms with E-state index in [0.29, 0.717) is 12.3 Å². The summed E-state index contributed by atoms with van der Waals surface area (Å²) in [5.41, 5.74) is 0.245. The topological polar surface area (TPSA) is 95.9 Å². The van der Waals surface area contributed by atoms with E-state index < -0.39 is 5.97 Å². The van der Waals surface area contributed by atoms with Crippen LogP contribution in [0.15, 0.2) is 18.2 Å². The highest BCUT2D eigenvalue weighted by Gasteiger charge is 2.11. The maximum Gasteiger partial charge on any atom is 0.303 e. The van der Waals surface area contributed by atoms with E-state index in [1.807, 2.05) is 0 Å². The quantitative estimate of drug-likeness (QED) is 0.508. The second-order valence-corrected chi connectivity index (χ2v) is 5.76. The Morgan fingerprint density at radius 1 is 1.04 bits per heavy atom. The Bertz CT molecular complexity index is 530. The van der Waals surface area contributed by atoms with Gasteiger partial charge < -0.3 is 20.3 Å². The van der Waals surface area contributed by atoms with Gasteiger partial charge in [0.1, 0.15) is 11.5 Å². The van der Waals surface area contributed by atoms with Gasteiger partial charge in [-0.3, -0.25) is 9.59 Å². The fourth-order valence-corrected chi connectivity index (χ4v) is 2.41. The number of phenols is 1. The van der Waals surface area contributed by atoms with E-state index >= 15 is 0 Å². The van der Waals surface area contributed by atoms with E-state index in [1.165, 1.54) is 13.2 Å². The van der Waals surface area contributed by atoms with Gasteiger partial charge in [0.15, 0.2) is 0 Å². The van der Waals surface area contributed by atoms with Gasteiger partial charge in [-0.25, -0.2) is 0 Å². The van der Waals surface area contributed by atoms with Crippen LogP contribution in [0.4, 0.5) is 0 Å². The number of hydrogen-bond acceptors (Lipinski definition) is 4. The number of hydrogen-bond donors (Lipinski definition) is 3. The fourth-order valence-electron chi connectivity index (χ4n) is 2.41. The highest BCUT2D eigenvalue weighted by atomic mass is 16.5. The predicted octanol–water partition coefficient (Wildman–Crippen LogP) is 3.34. The molecule has 0 aromatic heterocycles.